The molecule has 0 fully saturated rings. The maximum atomic E-state index is 14.2. The lowest BCUT2D eigenvalue weighted by atomic mass is 10.0. The van der Waals surface area contributed by atoms with Crippen LogP contribution in [0.25, 0.3) is 0 Å². The molecule has 162 valence electrons. The number of carbonyl (C=O) groups excluding carboxylic acids is 3. The minimum atomic E-state index is -1.14. The number of halogens is 2. The minimum Gasteiger partial charge on any atom is -0.348 e. The van der Waals surface area contributed by atoms with Crippen LogP contribution in [-0.4, -0.2) is 28.7 Å². The van der Waals surface area contributed by atoms with Crippen LogP contribution in [0, 0.1) is 11.6 Å². The van der Waals surface area contributed by atoms with Crippen molar-refractivity contribution in [3.63, 3.8) is 0 Å². The third kappa shape index (κ3) is 4.01. The van der Waals surface area contributed by atoms with Gasteiger partial charge in [0.1, 0.15) is 17.7 Å². The zero-order valence-electron chi connectivity index (χ0n) is 17.2. The first-order valence-electron chi connectivity index (χ1n) is 10.1. The summed E-state index contributed by atoms with van der Waals surface area (Å²) in [6.07, 6.45) is 0.0940. The number of hydrogen-bond acceptors (Lipinski definition) is 3. The Balaban J connectivity index is 1.65. The third-order valence-electron chi connectivity index (χ3n) is 5.50. The van der Waals surface area contributed by atoms with Crippen LogP contribution in [-0.2, 0) is 11.2 Å². The molecule has 1 N–H and O–H groups in total. The maximum Gasteiger partial charge on any atom is 0.262 e. The normalized spacial score (nSPS) is 14.8. The van der Waals surface area contributed by atoms with Gasteiger partial charge in [0.25, 0.3) is 11.8 Å². The number of hydrogen-bond donors (Lipinski definition) is 1. The molecule has 1 heterocycles. The molecule has 32 heavy (non-hydrogen) atoms. The van der Waals surface area contributed by atoms with Crippen molar-refractivity contribution in [3.8, 4) is 0 Å². The van der Waals surface area contributed by atoms with E-state index >= 15 is 0 Å². The SMILES string of the molecule is CC(NC(=O)C(Cc1ccccc1)N1C(=O)c2ccccc2C1=O)c1ccc(F)cc1F. The van der Waals surface area contributed by atoms with Crippen molar-refractivity contribution in [1.29, 1.82) is 0 Å². The average molecular weight is 434 g/mol. The Bertz CT molecular complexity index is 1160. The number of benzene rings is 3. The van der Waals surface area contributed by atoms with Crippen molar-refractivity contribution in [2.75, 3.05) is 0 Å². The monoisotopic (exact) mass is 434 g/mol. The van der Waals surface area contributed by atoms with Gasteiger partial charge >= 0.3 is 0 Å². The first-order chi connectivity index (χ1) is 15.4. The van der Waals surface area contributed by atoms with Gasteiger partial charge in [0.2, 0.25) is 5.91 Å². The van der Waals surface area contributed by atoms with Crippen molar-refractivity contribution >= 4 is 17.7 Å². The van der Waals surface area contributed by atoms with Crippen molar-refractivity contribution < 1.29 is 23.2 Å². The van der Waals surface area contributed by atoms with Crippen molar-refractivity contribution in [1.82, 2.24) is 10.2 Å². The highest BCUT2D eigenvalue weighted by molar-refractivity contribution is 6.22. The topological polar surface area (TPSA) is 66.5 Å². The van der Waals surface area contributed by atoms with Gasteiger partial charge < -0.3 is 5.32 Å². The number of rotatable bonds is 6. The van der Waals surface area contributed by atoms with Crippen LogP contribution in [0.15, 0.2) is 72.8 Å². The van der Waals surface area contributed by atoms with E-state index in [1.165, 1.54) is 6.07 Å². The van der Waals surface area contributed by atoms with Gasteiger partial charge in [0.15, 0.2) is 0 Å². The lowest BCUT2D eigenvalue weighted by Gasteiger charge is -2.27. The molecule has 7 heteroatoms. The van der Waals surface area contributed by atoms with Gasteiger partial charge in [-0.25, -0.2) is 8.78 Å². The second kappa shape index (κ2) is 8.70. The largest absolute Gasteiger partial charge is 0.348 e. The molecular weight excluding hydrogens is 414 g/mol. The summed E-state index contributed by atoms with van der Waals surface area (Å²) in [5.41, 5.74) is 1.33. The van der Waals surface area contributed by atoms with Crippen LogP contribution in [0.3, 0.4) is 0 Å². The summed E-state index contributed by atoms with van der Waals surface area (Å²) >= 11 is 0. The molecule has 0 aromatic heterocycles. The van der Waals surface area contributed by atoms with E-state index in [0.29, 0.717) is 0 Å². The van der Waals surface area contributed by atoms with Crippen molar-refractivity contribution in [2.24, 2.45) is 0 Å². The molecule has 0 saturated carbocycles. The fourth-order valence-electron chi connectivity index (χ4n) is 3.87. The van der Waals surface area contributed by atoms with Gasteiger partial charge in [-0.2, -0.15) is 0 Å². The summed E-state index contributed by atoms with van der Waals surface area (Å²) in [5, 5.41) is 2.67. The van der Waals surface area contributed by atoms with Crippen LogP contribution >= 0.6 is 0 Å². The number of nitrogens with one attached hydrogen (secondary N) is 1. The summed E-state index contributed by atoms with van der Waals surface area (Å²) in [6.45, 7) is 1.55. The van der Waals surface area contributed by atoms with Crippen LogP contribution in [0.2, 0.25) is 0 Å². The van der Waals surface area contributed by atoms with Crippen molar-refractivity contribution in [2.45, 2.75) is 25.4 Å². The summed E-state index contributed by atoms with van der Waals surface area (Å²) in [4.78, 5) is 40.3. The van der Waals surface area contributed by atoms with Crippen LogP contribution in [0.5, 0.6) is 0 Å². The molecule has 0 aliphatic carbocycles. The molecule has 5 nitrogen and oxygen atoms in total. The van der Waals surface area contributed by atoms with Crippen LogP contribution in [0.4, 0.5) is 8.78 Å². The fourth-order valence-corrected chi connectivity index (χ4v) is 3.87. The maximum absolute atomic E-state index is 14.2. The van der Waals surface area contributed by atoms with Crippen LogP contribution in [0.1, 0.15) is 44.8 Å². The smallest absolute Gasteiger partial charge is 0.262 e. The molecule has 2 unspecified atom stereocenters. The third-order valence-corrected chi connectivity index (χ3v) is 5.50. The highest BCUT2D eigenvalue weighted by Crippen LogP contribution is 2.27. The molecule has 2 atom stereocenters. The Morgan fingerprint density at radius 3 is 2.09 bits per heavy atom. The van der Waals surface area contributed by atoms with Gasteiger partial charge in [-0.05, 0) is 30.7 Å². The highest BCUT2D eigenvalue weighted by atomic mass is 19.1. The summed E-state index contributed by atoms with van der Waals surface area (Å²) in [7, 11) is 0. The number of nitrogens with zero attached hydrogens (tertiary/aromatic N) is 1. The Kier molecular flexibility index (Phi) is 5.81. The Morgan fingerprint density at radius 1 is 0.906 bits per heavy atom. The molecule has 3 amide bonds. The zero-order chi connectivity index (χ0) is 22.8. The Labute approximate surface area is 183 Å². The quantitative estimate of drug-likeness (QED) is 0.596. The van der Waals surface area contributed by atoms with E-state index in [2.05, 4.69) is 5.32 Å². The number of carbonyl (C=O) groups is 3. The lowest BCUT2D eigenvalue weighted by Crippen LogP contribution is -2.51. The molecule has 3 aromatic carbocycles. The molecule has 0 bridgehead atoms. The predicted octanol–water partition coefficient (Wildman–Crippen LogP) is 4.05. The minimum absolute atomic E-state index is 0.0940. The van der Waals surface area contributed by atoms with Gasteiger partial charge in [0, 0.05) is 18.1 Å². The summed E-state index contributed by atoms with van der Waals surface area (Å²) in [6, 6.07) is 16.5. The van der Waals surface area contributed by atoms with E-state index in [0.717, 1.165) is 22.6 Å². The molecule has 4 rings (SSSR count). The molecule has 0 saturated heterocycles. The fraction of sp³-hybridized carbons (Fsp3) is 0.160. The van der Waals surface area contributed by atoms with E-state index in [1.807, 2.05) is 6.07 Å². The van der Waals surface area contributed by atoms with E-state index < -0.39 is 41.4 Å². The highest BCUT2D eigenvalue weighted by Gasteiger charge is 2.42. The molecule has 1 aliphatic heterocycles. The number of fused-ring (bicyclic) bond motifs is 1. The summed E-state index contributed by atoms with van der Waals surface area (Å²) < 4.78 is 27.4. The van der Waals surface area contributed by atoms with Gasteiger partial charge in [0.05, 0.1) is 17.2 Å². The van der Waals surface area contributed by atoms with Gasteiger partial charge in [-0.15, -0.1) is 0 Å². The lowest BCUT2D eigenvalue weighted by molar-refractivity contribution is -0.125. The van der Waals surface area contributed by atoms with E-state index in [9.17, 15) is 23.2 Å². The Hall–Kier alpha value is -3.87. The standard InChI is InChI=1S/C25H20F2N2O3/c1-15(18-12-11-17(26)14-21(18)27)28-23(30)22(13-16-7-3-2-4-8-16)29-24(31)19-9-5-6-10-20(19)25(29)32/h2-12,14-15,22H,13H2,1H3,(H,28,30). The second-order valence-electron chi connectivity index (χ2n) is 7.63. The Morgan fingerprint density at radius 2 is 1.50 bits per heavy atom. The molecule has 1 aliphatic rings. The van der Waals surface area contributed by atoms with Crippen molar-refractivity contribution in [3.05, 3.63) is 107 Å². The first kappa shape index (κ1) is 21.4. The number of amides is 3. The summed E-state index contributed by atoms with van der Waals surface area (Å²) in [5.74, 6) is -3.24. The predicted molar refractivity (Wildman–Crippen MR) is 114 cm³/mol. The van der Waals surface area contributed by atoms with E-state index in [-0.39, 0.29) is 23.1 Å². The van der Waals surface area contributed by atoms with E-state index in [1.54, 1.807) is 55.5 Å². The average Bonchev–Trinajstić information content (AvgIpc) is 3.03. The number of imide groups is 1. The molecule has 0 radical (unpaired) electrons. The second-order valence-corrected chi connectivity index (χ2v) is 7.63. The zero-order valence-corrected chi connectivity index (χ0v) is 17.2. The molecule has 0 spiro atoms. The van der Waals surface area contributed by atoms with Gasteiger partial charge in [-0.3, -0.25) is 19.3 Å². The molecular formula is C25H20F2N2O3. The van der Waals surface area contributed by atoms with Crippen LogP contribution < -0.4 is 5.32 Å². The molecule has 3 aromatic rings. The first-order valence-corrected chi connectivity index (χ1v) is 10.1. The van der Waals surface area contributed by atoms with E-state index in [4.69, 9.17) is 0 Å². The van der Waals surface area contributed by atoms with Gasteiger partial charge in [-0.1, -0.05) is 48.5 Å².